The summed E-state index contributed by atoms with van der Waals surface area (Å²) < 4.78 is 21.4. The molecule has 33 heavy (non-hydrogen) atoms. The average molecular weight is 454 g/mol. The van der Waals surface area contributed by atoms with E-state index in [0.717, 1.165) is 0 Å². The molecule has 1 fully saturated rings. The average Bonchev–Trinajstić information content (AvgIpc) is 3.39. The second-order valence-electron chi connectivity index (χ2n) is 7.24. The number of halogens is 1. The minimum Gasteiger partial charge on any atom is -0.442 e. The number of imidazole rings is 1. The van der Waals surface area contributed by atoms with E-state index in [4.69, 9.17) is 4.74 Å². The Morgan fingerprint density at radius 1 is 1.27 bits per heavy atom. The van der Waals surface area contributed by atoms with Crippen LogP contribution in [-0.4, -0.2) is 51.6 Å². The standard InChI is InChI=1S/C21H19FN6O5/c1-12(29)23-8-14-9-28(21(32)33-14)13-5-6-17(15(22)7-13)27-10-16(24-11-27)20(31)26-18-3-2-4-19(30)25-18/h2-7,10-11,14H,8-9H2,1H3,(H,23,29)(H2,25,26,30,31). The third kappa shape index (κ3) is 4.89. The zero-order valence-corrected chi connectivity index (χ0v) is 17.4. The van der Waals surface area contributed by atoms with Gasteiger partial charge in [0.1, 0.15) is 29.8 Å². The maximum atomic E-state index is 14.8. The van der Waals surface area contributed by atoms with E-state index in [0.29, 0.717) is 0 Å². The molecule has 12 heteroatoms. The Morgan fingerprint density at radius 2 is 2.09 bits per heavy atom. The number of amides is 3. The largest absolute Gasteiger partial charge is 0.442 e. The topological polar surface area (TPSA) is 138 Å². The van der Waals surface area contributed by atoms with Crippen molar-refractivity contribution in [3.8, 4) is 5.69 Å². The lowest BCUT2D eigenvalue weighted by atomic mass is 10.2. The highest BCUT2D eigenvalue weighted by Gasteiger charge is 2.32. The number of benzene rings is 1. The van der Waals surface area contributed by atoms with Crippen LogP contribution in [0.15, 0.2) is 53.7 Å². The Hall–Kier alpha value is -4.48. The molecule has 11 nitrogen and oxygen atoms in total. The van der Waals surface area contributed by atoms with Crippen LogP contribution in [-0.2, 0) is 9.53 Å². The molecule has 1 aliphatic rings. The molecule has 1 aliphatic heterocycles. The molecule has 1 saturated heterocycles. The summed E-state index contributed by atoms with van der Waals surface area (Å²) in [6.07, 6.45) is 1.42. The number of hydrogen-bond acceptors (Lipinski definition) is 6. The van der Waals surface area contributed by atoms with E-state index < -0.39 is 23.9 Å². The first-order valence-electron chi connectivity index (χ1n) is 9.87. The minimum atomic E-state index is -0.651. The summed E-state index contributed by atoms with van der Waals surface area (Å²) in [6.45, 7) is 1.68. The number of pyridine rings is 1. The summed E-state index contributed by atoms with van der Waals surface area (Å²) in [5.41, 5.74) is 0.0365. The van der Waals surface area contributed by atoms with Crippen LogP contribution in [0.2, 0.25) is 0 Å². The highest BCUT2D eigenvalue weighted by atomic mass is 19.1. The fraction of sp³-hybridized carbons (Fsp3) is 0.190. The number of rotatable bonds is 6. The summed E-state index contributed by atoms with van der Waals surface area (Å²) in [4.78, 5) is 54.6. The van der Waals surface area contributed by atoms with Gasteiger partial charge in [-0.3, -0.25) is 19.3 Å². The Balaban J connectivity index is 1.47. The number of carbonyl (C=O) groups excluding carboxylic acids is 3. The predicted molar refractivity (Wildman–Crippen MR) is 115 cm³/mol. The molecule has 0 aliphatic carbocycles. The molecule has 0 bridgehead atoms. The molecule has 1 aromatic carbocycles. The van der Waals surface area contributed by atoms with Crippen LogP contribution < -0.4 is 21.1 Å². The van der Waals surface area contributed by atoms with Gasteiger partial charge < -0.3 is 24.9 Å². The van der Waals surface area contributed by atoms with Gasteiger partial charge in [-0.05, 0) is 24.3 Å². The van der Waals surface area contributed by atoms with Crippen molar-refractivity contribution in [1.82, 2.24) is 19.9 Å². The van der Waals surface area contributed by atoms with Crippen molar-refractivity contribution >= 4 is 29.4 Å². The highest BCUT2D eigenvalue weighted by Crippen LogP contribution is 2.25. The molecule has 0 spiro atoms. The number of nitrogens with zero attached hydrogens (tertiary/aromatic N) is 3. The maximum absolute atomic E-state index is 14.8. The lowest BCUT2D eigenvalue weighted by Crippen LogP contribution is -2.33. The van der Waals surface area contributed by atoms with Crippen molar-refractivity contribution in [1.29, 1.82) is 0 Å². The van der Waals surface area contributed by atoms with Gasteiger partial charge in [-0.2, -0.15) is 0 Å². The van der Waals surface area contributed by atoms with Gasteiger partial charge in [-0.25, -0.2) is 14.2 Å². The molecule has 1 atom stereocenters. The zero-order chi connectivity index (χ0) is 23.5. The van der Waals surface area contributed by atoms with Crippen LogP contribution in [0.3, 0.4) is 0 Å². The summed E-state index contributed by atoms with van der Waals surface area (Å²) in [7, 11) is 0. The first-order chi connectivity index (χ1) is 15.8. The SMILES string of the molecule is CC(=O)NCC1CN(c2ccc(-n3cnc(C(=O)Nc4cccc(=O)[nH]4)c3)c(F)c2)C(=O)O1. The van der Waals surface area contributed by atoms with Gasteiger partial charge in [0.15, 0.2) is 0 Å². The molecule has 3 amide bonds. The molecule has 2 aromatic heterocycles. The van der Waals surface area contributed by atoms with Crippen LogP contribution in [0, 0.1) is 5.82 Å². The Labute approximate surface area is 186 Å². The first-order valence-corrected chi connectivity index (χ1v) is 9.87. The van der Waals surface area contributed by atoms with Gasteiger partial charge >= 0.3 is 6.09 Å². The monoisotopic (exact) mass is 454 g/mol. The molecule has 0 radical (unpaired) electrons. The van der Waals surface area contributed by atoms with Crippen LogP contribution in [0.1, 0.15) is 17.4 Å². The van der Waals surface area contributed by atoms with Crippen molar-refractivity contribution in [2.24, 2.45) is 0 Å². The Morgan fingerprint density at radius 3 is 2.82 bits per heavy atom. The van der Waals surface area contributed by atoms with E-state index in [1.165, 1.54) is 65.3 Å². The van der Waals surface area contributed by atoms with Crippen LogP contribution in [0.4, 0.5) is 20.7 Å². The van der Waals surface area contributed by atoms with E-state index in [9.17, 15) is 23.6 Å². The van der Waals surface area contributed by atoms with Crippen LogP contribution >= 0.6 is 0 Å². The van der Waals surface area contributed by atoms with Crippen molar-refractivity contribution in [2.75, 3.05) is 23.3 Å². The molecular weight excluding hydrogens is 435 g/mol. The number of aromatic amines is 1. The summed E-state index contributed by atoms with van der Waals surface area (Å²) in [6, 6.07) is 8.46. The van der Waals surface area contributed by atoms with E-state index in [-0.39, 0.29) is 47.4 Å². The lowest BCUT2D eigenvalue weighted by Gasteiger charge is -2.14. The van der Waals surface area contributed by atoms with Crippen molar-refractivity contribution < 1.29 is 23.5 Å². The van der Waals surface area contributed by atoms with E-state index in [2.05, 4.69) is 20.6 Å². The summed E-state index contributed by atoms with van der Waals surface area (Å²) >= 11 is 0. The van der Waals surface area contributed by atoms with Gasteiger partial charge in [0.25, 0.3) is 5.91 Å². The van der Waals surface area contributed by atoms with Crippen LogP contribution in [0.25, 0.3) is 5.69 Å². The third-order valence-electron chi connectivity index (χ3n) is 4.81. The van der Waals surface area contributed by atoms with Gasteiger partial charge in [0.05, 0.1) is 24.5 Å². The predicted octanol–water partition coefficient (Wildman–Crippen LogP) is 1.41. The number of cyclic esters (lactones) is 1. The fourth-order valence-corrected chi connectivity index (χ4v) is 3.25. The summed E-state index contributed by atoms with van der Waals surface area (Å²) in [5.74, 6) is -1.28. The Kier molecular flexibility index (Phi) is 5.89. The van der Waals surface area contributed by atoms with E-state index in [1.54, 1.807) is 0 Å². The van der Waals surface area contributed by atoms with Gasteiger partial charge in [0, 0.05) is 19.2 Å². The third-order valence-corrected chi connectivity index (χ3v) is 4.81. The van der Waals surface area contributed by atoms with Crippen molar-refractivity contribution in [3.63, 3.8) is 0 Å². The van der Waals surface area contributed by atoms with Crippen LogP contribution in [0.5, 0.6) is 0 Å². The number of anilines is 2. The van der Waals surface area contributed by atoms with E-state index >= 15 is 0 Å². The molecule has 170 valence electrons. The molecule has 0 saturated carbocycles. The summed E-state index contributed by atoms with van der Waals surface area (Å²) in [5, 5.41) is 5.08. The second kappa shape index (κ2) is 8.94. The normalized spacial score (nSPS) is 15.3. The van der Waals surface area contributed by atoms with E-state index in [1.807, 2.05) is 0 Å². The zero-order valence-electron chi connectivity index (χ0n) is 17.4. The van der Waals surface area contributed by atoms with Crippen molar-refractivity contribution in [2.45, 2.75) is 13.0 Å². The highest BCUT2D eigenvalue weighted by molar-refractivity contribution is 6.02. The first kappa shape index (κ1) is 21.7. The number of aromatic nitrogens is 3. The smallest absolute Gasteiger partial charge is 0.414 e. The van der Waals surface area contributed by atoms with Gasteiger partial charge in [-0.15, -0.1) is 0 Å². The lowest BCUT2D eigenvalue weighted by molar-refractivity contribution is -0.119. The number of nitrogens with one attached hydrogen (secondary N) is 3. The quantitative estimate of drug-likeness (QED) is 0.515. The number of hydrogen-bond donors (Lipinski definition) is 3. The molecule has 3 heterocycles. The molecule has 3 N–H and O–H groups in total. The van der Waals surface area contributed by atoms with Crippen molar-refractivity contribution in [3.05, 3.63) is 70.8 Å². The molecule has 1 unspecified atom stereocenters. The number of carbonyl (C=O) groups is 3. The molecule has 3 aromatic rings. The second-order valence-corrected chi connectivity index (χ2v) is 7.24. The molecule has 4 rings (SSSR count). The Bertz CT molecular complexity index is 1290. The minimum absolute atomic E-state index is 0.00659. The number of H-pyrrole nitrogens is 1. The van der Waals surface area contributed by atoms with Gasteiger partial charge in [0.2, 0.25) is 11.5 Å². The fourth-order valence-electron chi connectivity index (χ4n) is 3.25. The van der Waals surface area contributed by atoms with Gasteiger partial charge in [-0.1, -0.05) is 6.07 Å². The number of ether oxygens (including phenoxy) is 1. The maximum Gasteiger partial charge on any atom is 0.414 e. The molecular formula is C21H19FN6O5.